The van der Waals surface area contributed by atoms with Crippen molar-refractivity contribution in [3.63, 3.8) is 0 Å². The molecule has 0 aliphatic heterocycles. The Balaban J connectivity index is 1.92. The molecule has 0 saturated heterocycles. The summed E-state index contributed by atoms with van der Waals surface area (Å²) in [5.74, 6) is 1.07. The van der Waals surface area contributed by atoms with Crippen LogP contribution in [0, 0.1) is 5.82 Å². The van der Waals surface area contributed by atoms with Crippen LogP contribution in [0.15, 0.2) is 53.5 Å². The van der Waals surface area contributed by atoms with Gasteiger partial charge in [-0.05, 0) is 56.2 Å². The van der Waals surface area contributed by atoms with E-state index in [9.17, 15) is 9.50 Å². The molecule has 0 fully saturated rings. The molecule has 0 heterocycles. The van der Waals surface area contributed by atoms with Crippen LogP contribution in [-0.4, -0.2) is 30.3 Å². The number of aliphatic imine (C=N–C) groups is 1. The number of nitrogens with zero attached hydrogens (tertiary/aromatic N) is 1. The number of nitrogens with one attached hydrogen (secondary N) is 2. The van der Waals surface area contributed by atoms with Crippen molar-refractivity contribution in [3.8, 4) is 5.75 Å². The van der Waals surface area contributed by atoms with Crippen LogP contribution in [0.25, 0.3) is 0 Å². The summed E-state index contributed by atoms with van der Waals surface area (Å²) in [6.45, 7) is 7.25. The summed E-state index contributed by atoms with van der Waals surface area (Å²) >= 11 is 0. The SMILES string of the molecule is CCNC(=NCc1cccc(F)c1)NCC(O)c1ccc(OC(C)C)cc1. The average Bonchev–Trinajstić information content (AvgIpc) is 2.64. The van der Waals surface area contributed by atoms with Crippen LogP contribution in [0.1, 0.15) is 38.0 Å². The summed E-state index contributed by atoms with van der Waals surface area (Å²) in [6, 6.07) is 13.8. The maximum absolute atomic E-state index is 13.3. The first-order valence-electron chi connectivity index (χ1n) is 9.19. The lowest BCUT2D eigenvalue weighted by Gasteiger charge is -2.16. The molecule has 2 aromatic carbocycles. The topological polar surface area (TPSA) is 65.9 Å². The molecule has 27 heavy (non-hydrogen) atoms. The standard InChI is InChI=1S/C21H28FN3O2/c1-4-23-21(24-13-16-6-5-7-18(22)12-16)25-14-20(26)17-8-10-19(11-9-17)27-15(2)3/h5-12,15,20,26H,4,13-14H2,1-3H3,(H2,23,24,25). The van der Waals surface area contributed by atoms with E-state index in [2.05, 4.69) is 15.6 Å². The first kappa shape index (κ1) is 20.7. The second-order valence-electron chi connectivity index (χ2n) is 6.46. The maximum atomic E-state index is 13.3. The van der Waals surface area contributed by atoms with Gasteiger partial charge in [0.15, 0.2) is 5.96 Å². The molecule has 0 aliphatic rings. The molecule has 5 nitrogen and oxygen atoms in total. The molecule has 2 aromatic rings. The Hall–Kier alpha value is -2.60. The number of ether oxygens (including phenoxy) is 1. The normalized spacial score (nSPS) is 12.7. The van der Waals surface area contributed by atoms with E-state index in [1.807, 2.05) is 51.1 Å². The van der Waals surface area contributed by atoms with Crippen molar-refractivity contribution in [1.82, 2.24) is 10.6 Å². The van der Waals surface area contributed by atoms with Gasteiger partial charge in [-0.25, -0.2) is 9.38 Å². The lowest BCUT2D eigenvalue weighted by molar-refractivity contribution is 0.180. The van der Waals surface area contributed by atoms with E-state index < -0.39 is 6.10 Å². The summed E-state index contributed by atoms with van der Waals surface area (Å²) in [5, 5.41) is 16.6. The minimum atomic E-state index is -0.684. The van der Waals surface area contributed by atoms with E-state index >= 15 is 0 Å². The van der Waals surface area contributed by atoms with E-state index in [0.29, 0.717) is 25.6 Å². The minimum Gasteiger partial charge on any atom is -0.491 e. The van der Waals surface area contributed by atoms with Crippen LogP contribution in [0.2, 0.25) is 0 Å². The van der Waals surface area contributed by atoms with Gasteiger partial charge in [0, 0.05) is 13.1 Å². The minimum absolute atomic E-state index is 0.111. The fourth-order valence-corrected chi connectivity index (χ4v) is 2.50. The molecule has 0 saturated carbocycles. The molecule has 1 unspecified atom stereocenters. The monoisotopic (exact) mass is 373 g/mol. The summed E-state index contributed by atoms with van der Waals surface area (Å²) in [7, 11) is 0. The predicted molar refractivity (Wildman–Crippen MR) is 106 cm³/mol. The van der Waals surface area contributed by atoms with Crippen LogP contribution in [-0.2, 0) is 6.54 Å². The zero-order chi connectivity index (χ0) is 19.6. The molecule has 0 aromatic heterocycles. The maximum Gasteiger partial charge on any atom is 0.191 e. The average molecular weight is 373 g/mol. The van der Waals surface area contributed by atoms with Crippen molar-refractivity contribution in [2.24, 2.45) is 4.99 Å². The third-order valence-electron chi connectivity index (χ3n) is 3.75. The Bertz CT molecular complexity index is 732. The Morgan fingerprint density at radius 2 is 1.89 bits per heavy atom. The van der Waals surface area contributed by atoms with Gasteiger partial charge in [-0.15, -0.1) is 0 Å². The number of aliphatic hydroxyl groups is 1. The van der Waals surface area contributed by atoms with Crippen molar-refractivity contribution in [2.75, 3.05) is 13.1 Å². The second kappa shape index (κ2) is 10.5. The molecule has 0 radical (unpaired) electrons. The number of rotatable bonds is 8. The number of benzene rings is 2. The highest BCUT2D eigenvalue weighted by molar-refractivity contribution is 5.79. The van der Waals surface area contributed by atoms with Gasteiger partial charge in [0.2, 0.25) is 0 Å². The number of hydrogen-bond donors (Lipinski definition) is 3. The Morgan fingerprint density at radius 3 is 2.52 bits per heavy atom. The summed E-state index contributed by atoms with van der Waals surface area (Å²) in [4.78, 5) is 4.43. The van der Waals surface area contributed by atoms with E-state index in [4.69, 9.17) is 4.74 Å². The lowest BCUT2D eigenvalue weighted by Crippen LogP contribution is -2.39. The van der Waals surface area contributed by atoms with Gasteiger partial charge in [0.1, 0.15) is 11.6 Å². The molecular weight excluding hydrogens is 345 g/mol. The third kappa shape index (κ3) is 7.27. The molecule has 0 spiro atoms. The van der Waals surface area contributed by atoms with E-state index in [-0.39, 0.29) is 11.9 Å². The molecule has 146 valence electrons. The summed E-state index contributed by atoms with van der Waals surface area (Å²) in [5.41, 5.74) is 1.58. The lowest BCUT2D eigenvalue weighted by atomic mass is 10.1. The number of aliphatic hydroxyl groups excluding tert-OH is 1. The van der Waals surface area contributed by atoms with Gasteiger partial charge in [0.25, 0.3) is 0 Å². The molecule has 0 aliphatic carbocycles. The highest BCUT2D eigenvalue weighted by atomic mass is 19.1. The molecular formula is C21H28FN3O2. The first-order valence-corrected chi connectivity index (χ1v) is 9.19. The van der Waals surface area contributed by atoms with Crippen LogP contribution < -0.4 is 15.4 Å². The molecule has 1 atom stereocenters. The highest BCUT2D eigenvalue weighted by Crippen LogP contribution is 2.18. The van der Waals surface area contributed by atoms with Gasteiger partial charge in [-0.3, -0.25) is 0 Å². The molecule has 6 heteroatoms. The van der Waals surface area contributed by atoms with Crippen molar-refractivity contribution >= 4 is 5.96 Å². The Morgan fingerprint density at radius 1 is 1.15 bits per heavy atom. The van der Waals surface area contributed by atoms with E-state index in [0.717, 1.165) is 16.9 Å². The highest BCUT2D eigenvalue weighted by Gasteiger charge is 2.09. The smallest absolute Gasteiger partial charge is 0.191 e. The zero-order valence-electron chi connectivity index (χ0n) is 16.1. The molecule has 3 N–H and O–H groups in total. The Labute approximate surface area is 160 Å². The fourth-order valence-electron chi connectivity index (χ4n) is 2.50. The van der Waals surface area contributed by atoms with Gasteiger partial charge in [-0.2, -0.15) is 0 Å². The molecule has 0 bridgehead atoms. The van der Waals surface area contributed by atoms with E-state index in [1.54, 1.807) is 6.07 Å². The first-order chi connectivity index (χ1) is 13.0. The van der Waals surface area contributed by atoms with Crippen molar-refractivity contribution < 1.29 is 14.2 Å². The molecule has 0 amide bonds. The quantitative estimate of drug-likeness (QED) is 0.490. The van der Waals surface area contributed by atoms with Crippen LogP contribution in [0.4, 0.5) is 4.39 Å². The predicted octanol–water partition coefficient (Wildman–Crippen LogP) is 3.40. The zero-order valence-corrected chi connectivity index (χ0v) is 16.1. The molecule has 2 rings (SSSR count). The third-order valence-corrected chi connectivity index (χ3v) is 3.75. The van der Waals surface area contributed by atoms with Crippen molar-refractivity contribution in [1.29, 1.82) is 0 Å². The van der Waals surface area contributed by atoms with Crippen molar-refractivity contribution in [2.45, 2.75) is 39.5 Å². The van der Waals surface area contributed by atoms with Crippen LogP contribution in [0.3, 0.4) is 0 Å². The number of guanidine groups is 1. The largest absolute Gasteiger partial charge is 0.491 e. The fraction of sp³-hybridized carbons (Fsp3) is 0.381. The number of hydrogen-bond acceptors (Lipinski definition) is 3. The second-order valence-corrected chi connectivity index (χ2v) is 6.46. The van der Waals surface area contributed by atoms with Gasteiger partial charge >= 0.3 is 0 Å². The van der Waals surface area contributed by atoms with Gasteiger partial charge in [-0.1, -0.05) is 24.3 Å². The summed E-state index contributed by atoms with van der Waals surface area (Å²) < 4.78 is 18.9. The Kier molecular flexibility index (Phi) is 8.07. The van der Waals surface area contributed by atoms with Gasteiger partial charge < -0.3 is 20.5 Å². The van der Waals surface area contributed by atoms with E-state index in [1.165, 1.54) is 12.1 Å². The van der Waals surface area contributed by atoms with Crippen LogP contribution >= 0.6 is 0 Å². The number of halogens is 1. The summed E-state index contributed by atoms with van der Waals surface area (Å²) in [6.07, 6.45) is -0.574. The van der Waals surface area contributed by atoms with Crippen LogP contribution in [0.5, 0.6) is 5.75 Å². The van der Waals surface area contributed by atoms with Crippen molar-refractivity contribution in [3.05, 3.63) is 65.5 Å². The van der Waals surface area contributed by atoms with Gasteiger partial charge in [0.05, 0.1) is 18.8 Å².